The van der Waals surface area contributed by atoms with Crippen molar-refractivity contribution in [2.24, 2.45) is 0 Å². The third-order valence-corrected chi connectivity index (χ3v) is 4.61. The van der Waals surface area contributed by atoms with E-state index in [1.54, 1.807) is 23.1 Å². The summed E-state index contributed by atoms with van der Waals surface area (Å²) in [6.45, 7) is 4.15. The number of amides is 1. The van der Waals surface area contributed by atoms with Gasteiger partial charge in [0.05, 0.1) is 30.8 Å². The third-order valence-electron chi connectivity index (χ3n) is 4.61. The molecule has 0 saturated carbocycles. The van der Waals surface area contributed by atoms with Gasteiger partial charge in [0.1, 0.15) is 0 Å². The van der Waals surface area contributed by atoms with E-state index < -0.39 is 0 Å². The number of carbonyl (C=O) groups is 1. The highest BCUT2D eigenvalue weighted by molar-refractivity contribution is 5.94. The Bertz CT molecular complexity index is 940. The van der Waals surface area contributed by atoms with Crippen molar-refractivity contribution >= 4 is 17.4 Å². The van der Waals surface area contributed by atoms with Crippen molar-refractivity contribution in [3.8, 4) is 5.69 Å². The number of morpholine rings is 1. The van der Waals surface area contributed by atoms with Gasteiger partial charge in [-0.3, -0.25) is 4.79 Å². The maximum absolute atomic E-state index is 12.4. The first kappa shape index (κ1) is 18.9. The molecule has 150 valence electrons. The standard InChI is InChI=1S/C20H23N7O2/c28-20(16-3-1-4-17(13-16)27-8-2-5-24-27)22-7-6-21-19-14-18(15-23-25-19)26-9-11-29-12-10-26/h1-5,8,13-15H,6-7,9-12H2,(H,21,25)(H,22,28). The van der Waals surface area contributed by atoms with E-state index in [9.17, 15) is 4.79 Å². The molecular weight excluding hydrogens is 370 g/mol. The van der Waals surface area contributed by atoms with Gasteiger partial charge in [-0.15, -0.1) is 5.10 Å². The second-order valence-corrected chi connectivity index (χ2v) is 6.58. The molecule has 4 rings (SSSR count). The molecule has 0 radical (unpaired) electrons. The zero-order valence-electron chi connectivity index (χ0n) is 16.0. The van der Waals surface area contributed by atoms with Gasteiger partial charge in [0, 0.05) is 50.2 Å². The van der Waals surface area contributed by atoms with Crippen molar-refractivity contribution in [3.05, 3.63) is 60.6 Å². The van der Waals surface area contributed by atoms with Gasteiger partial charge < -0.3 is 20.3 Å². The van der Waals surface area contributed by atoms with Gasteiger partial charge in [0.25, 0.3) is 5.91 Å². The van der Waals surface area contributed by atoms with E-state index in [2.05, 4.69) is 30.8 Å². The summed E-state index contributed by atoms with van der Waals surface area (Å²) in [5, 5.41) is 18.5. The Hall–Kier alpha value is -3.46. The Labute approximate surface area is 168 Å². The minimum absolute atomic E-state index is 0.131. The van der Waals surface area contributed by atoms with Crippen LogP contribution in [0.2, 0.25) is 0 Å². The Kier molecular flexibility index (Phi) is 5.96. The van der Waals surface area contributed by atoms with E-state index in [0.717, 1.165) is 37.7 Å². The molecular formula is C20H23N7O2. The Balaban J connectivity index is 1.27. The van der Waals surface area contributed by atoms with E-state index in [1.807, 2.05) is 36.5 Å². The molecule has 1 fully saturated rings. The van der Waals surface area contributed by atoms with Crippen molar-refractivity contribution in [2.45, 2.75) is 0 Å². The third kappa shape index (κ3) is 4.88. The van der Waals surface area contributed by atoms with Gasteiger partial charge >= 0.3 is 0 Å². The molecule has 1 aromatic carbocycles. The van der Waals surface area contributed by atoms with E-state index in [0.29, 0.717) is 24.5 Å². The maximum atomic E-state index is 12.4. The number of nitrogens with zero attached hydrogens (tertiary/aromatic N) is 5. The lowest BCUT2D eigenvalue weighted by Gasteiger charge is -2.28. The zero-order chi connectivity index (χ0) is 19.9. The number of benzene rings is 1. The van der Waals surface area contributed by atoms with Crippen molar-refractivity contribution < 1.29 is 9.53 Å². The molecule has 9 nitrogen and oxygen atoms in total. The average Bonchev–Trinajstić information content (AvgIpc) is 3.33. The zero-order valence-corrected chi connectivity index (χ0v) is 16.0. The maximum Gasteiger partial charge on any atom is 0.251 e. The molecule has 0 aliphatic carbocycles. The van der Waals surface area contributed by atoms with Crippen molar-refractivity contribution in [2.75, 3.05) is 49.6 Å². The first-order chi connectivity index (χ1) is 14.3. The summed E-state index contributed by atoms with van der Waals surface area (Å²) in [7, 11) is 0. The average molecular weight is 393 g/mol. The lowest BCUT2D eigenvalue weighted by Crippen LogP contribution is -2.36. The summed E-state index contributed by atoms with van der Waals surface area (Å²) in [5.41, 5.74) is 2.45. The van der Waals surface area contributed by atoms with Crippen LogP contribution < -0.4 is 15.5 Å². The number of nitrogens with one attached hydrogen (secondary N) is 2. The fourth-order valence-electron chi connectivity index (χ4n) is 3.12. The molecule has 3 aromatic rings. The largest absolute Gasteiger partial charge is 0.378 e. The van der Waals surface area contributed by atoms with Gasteiger partial charge in [-0.25, -0.2) is 4.68 Å². The van der Waals surface area contributed by atoms with E-state index in [-0.39, 0.29) is 5.91 Å². The Morgan fingerprint density at radius 3 is 2.83 bits per heavy atom. The number of aromatic nitrogens is 4. The molecule has 2 N–H and O–H groups in total. The van der Waals surface area contributed by atoms with Crippen molar-refractivity contribution in [3.63, 3.8) is 0 Å². The molecule has 0 atom stereocenters. The highest BCUT2D eigenvalue weighted by Gasteiger charge is 2.12. The quantitative estimate of drug-likeness (QED) is 0.585. The highest BCUT2D eigenvalue weighted by atomic mass is 16.5. The highest BCUT2D eigenvalue weighted by Crippen LogP contribution is 2.17. The predicted octanol–water partition coefficient (Wildman–Crippen LogP) is 1.34. The summed E-state index contributed by atoms with van der Waals surface area (Å²) in [6, 6.07) is 11.2. The van der Waals surface area contributed by atoms with Crippen LogP contribution in [0.15, 0.2) is 55.0 Å². The molecule has 1 aliphatic heterocycles. The lowest BCUT2D eigenvalue weighted by atomic mass is 10.2. The molecule has 1 saturated heterocycles. The smallest absolute Gasteiger partial charge is 0.251 e. The van der Waals surface area contributed by atoms with Gasteiger partial charge in [-0.1, -0.05) is 6.07 Å². The van der Waals surface area contributed by atoms with Gasteiger partial charge in [0.15, 0.2) is 5.82 Å². The van der Waals surface area contributed by atoms with Crippen LogP contribution >= 0.6 is 0 Å². The van der Waals surface area contributed by atoms with Crippen molar-refractivity contribution in [1.29, 1.82) is 0 Å². The molecule has 0 unspecified atom stereocenters. The fraction of sp³-hybridized carbons (Fsp3) is 0.300. The minimum Gasteiger partial charge on any atom is -0.378 e. The fourth-order valence-corrected chi connectivity index (χ4v) is 3.12. The molecule has 9 heteroatoms. The van der Waals surface area contributed by atoms with Gasteiger partial charge in [-0.05, 0) is 24.3 Å². The number of carbonyl (C=O) groups excluding carboxylic acids is 1. The van der Waals surface area contributed by atoms with Gasteiger partial charge in [-0.2, -0.15) is 10.2 Å². The first-order valence-corrected chi connectivity index (χ1v) is 9.57. The predicted molar refractivity (Wildman–Crippen MR) is 109 cm³/mol. The Morgan fingerprint density at radius 1 is 1.10 bits per heavy atom. The monoisotopic (exact) mass is 393 g/mol. The molecule has 0 bridgehead atoms. The number of hydrogen-bond donors (Lipinski definition) is 2. The van der Waals surface area contributed by atoms with Crippen LogP contribution in [0.3, 0.4) is 0 Å². The first-order valence-electron chi connectivity index (χ1n) is 9.57. The molecule has 1 aliphatic rings. The summed E-state index contributed by atoms with van der Waals surface area (Å²) >= 11 is 0. The van der Waals surface area contributed by atoms with Crippen LogP contribution in [-0.4, -0.2) is 65.3 Å². The molecule has 3 heterocycles. The van der Waals surface area contributed by atoms with Gasteiger partial charge in [0.2, 0.25) is 0 Å². The van der Waals surface area contributed by atoms with Crippen LogP contribution in [0.5, 0.6) is 0 Å². The SMILES string of the molecule is O=C(NCCNc1cc(N2CCOCC2)cnn1)c1cccc(-n2cccn2)c1. The summed E-state index contributed by atoms with van der Waals surface area (Å²) < 4.78 is 7.10. The molecule has 1 amide bonds. The second kappa shape index (κ2) is 9.16. The second-order valence-electron chi connectivity index (χ2n) is 6.58. The molecule has 29 heavy (non-hydrogen) atoms. The van der Waals surface area contributed by atoms with Crippen LogP contribution in [0.25, 0.3) is 5.69 Å². The summed E-state index contributed by atoms with van der Waals surface area (Å²) in [5.74, 6) is 0.554. The van der Waals surface area contributed by atoms with Crippen LogP contribution in [0.1, 0.15) is 10.4 Å². The van der Waals surface area contributed by atoms with E-state index >= 15 is 0 Å². The van der Waals surface area contributed by atoms with Crippen LogP contribution in [-0.2, 0) is 4.74 Å². The summed E-state index contributed by atoms with van der Waals surface area (Å²) in [6.07, 6.45) is 5.30. The molecule has 0 spiro atoms. The number of ether oxygens (including phenoxy) is 1. The normalized spacial score (nSPS) is 13.9. The summed E-state index contributed by atoms with van der Waals surface area (Å²) in [4.78, 5) is 14.6. The number of hydrogen-bond acceptors (Lipinski definition) is 7. The molecule has 2 aromatic heterocycles. The topological polar surface area (TPSA) is 97.2 Å². The van der Waals surface area contributed by atoms with Crippen LogP contribution in [0.4, 0.5) is 11.5 Å². The Morgan fingerprint density at radius 2 is 2.00 bits per heavy atom. The van der Waals surface area contributed by atoms with E-state index in [4.69, 9.17) is 4.74 Å². The van der Waals surface area contributed by atoms with E-state index in [1.165, 1.54) is 0 Å². The lowest BCUT2D eigenvalue weighted by molar-refractivity contribution is 0.0955. The number of rotatable bonds is 7. The van der Waals surface area contributed by atoms with Crippen LogP contribution in [0, 0.1) is 0 Å². The number of anilines is 2. The van der Waals surface area contributed by atoms with Crippen molar-refractivity contribution in [1.82, 2.24) is 25.3 Å². The minimum atomic E-state index is -0.131.